The number of halogens is 1. The molecule has 0 saturated heterocycles. The van der Waals surface area contributed by atoms with Crippen molar-refractivity contribution in [2.45, 2.75) is 26.6 Å². The van der Waals surface area contributed by atoms with E-state index >= 15 is 0 Å². The Morgan fingerprint density at radius 2 is 1.86 bits per heavy atom. The van der Waals surface area contributed by atoms with Gasteiger partial charge in [0.15, 0.2) is 0 Å². The highest BCUT2D eigenvalue weighted by Crippen LogP contribution is 2.44. The van der Waals surface area contributed by atoms with Crippen LogP contribution < -0.4 is 14.2 Å². The number of benzene rings is 2. The zero-order valence-electron chi connectivity index (χ0n) is 12.6. The smallest absolute Gasteiger partial charge is 0.145 e. The van der Waals surface area contributed by atoms with Gasteiger partial charge in [0.2, 0.25) is 0 Å². The van der Waals surface area contributed by atoms with E-state index in [1.54, 1.807) is 14.2 Å². The lowest BCUT2D eigenvalue weighted by molar-refractivity contribution is 0.240. The molecule has 2 rings (SSSR count). The Kier molecular flexibility index (Phi) is 4.96. The fraction of sp³-hybridized carbons (Fsp3) is 0.375. The van der Waals surface area contributed by atoms with Gasteiger partial charge in [0, 0.05) is 6.07 Å². The summed E-state index contributed by atoms with van der Waals surface area (Å²) in [7, 11) is 3.22. The predicted molar refractivity (Wildman–Crippen MR) is 86.4 cm³/mol. The monoisotopic (exact) mass is 354 g/mol. The Morgan fingerprint density at radius 3 is 2.38 bits per heavy atom. The van der Waals surface area contributed by atoms with E-state index in [0.717, 1.165) is 20.8 Å². The maximum Gasteiger partial charge on any atom is 0.145 e. The average Bonchev–Trinajstić information content (AvgIpc) is 2.48. The Morgan fingerprint density at radius 1 is 1.14 bits per heavy atom. The topological polar surface area (TPSA) is 47.9 Å². The number of hydrogen-bond donors (Lipinski definition) is 1. The van der Waals surface area contributed by atoms with Crippen LogP contribution in [0.3, 0.4) is 0 Å². The van der Waals surface area contributed by atoms with Crippen LogP contribution >= 0.6 is 15.9 Å². The van der Waals surface area contributed by atoms with Crippen LogP contribution in [0.5, 0.6) is 17.2 Å². The van der Waals surface area contributed by atoms with E-state index in [1.165, 1.54) is 0 Å². The number of methoxy groups -OCH3 is 2. The highest BCUT2D eigenvalue weighted by molar-refractivity contribution is 9.10. The molecular formula is C16H19BrO4. The van der Waals surface area contributed by atoms with Crippen molar-refractivity contribution in [1.29, 1.82) is 0 Å². The number of rotatable bonds is 5. The van der Waals surface area contributed by atoms with E-state index in [-0.39, 0.29) is 12.7 Å². The molecule has 0 radical (unpaired) electrons. The van der Waals surface area contributed by atoms with Crippen molar-refractivity contribution in [3.8, 4) is 17.2 Å². The lowest BCUT2D eigenvalue weighted by Gasteiger charge is -2.19. The number of aliphatic hydroxyl groups is 1. The zero-order valence-corrected chi connectivity index (χ0v) is 14.2. The third-order valence-corrected chi connectivity index (χ3v) is 3.99. The summed E-state index contributed by atoms with van der Waals surface area (Å²) < 4.78 is 17.5. The van der Waals surface area contributed by atoms with Gasteiger partial charge in [-0.2, -0.15) is 0 Å². The molecule has 0 atom stereocenters. The van der Waals surface area contributed by atoms with Crippen LogP contribution in [0.15, 0.2) is 22.7 Å². The summed E-state index contributed by atoms with van der Waals surface area (Å²) in [6.07, 6.45) is 0.00486. The van der Waals surface area contributed by atoms with Crippen LogP contribution in [0.4, 0.5) is 0 Å². The molecular weight excluding hydrogens is 336 g/mol. The fourth-order valence-electron chi connectivity index (χ4n) is 2.21. The largest absolute Gasteiger partial charge is 0.497 e. The summed E-state index contributed by atoms with van der Waals surface area (Å²) in [5.74, 6) is 2.04. The first kappa shape index (κ1) is 15.9. The molecule has 0 saturated carbocycles. The van der Waals surface area contributed by atoms with Gasteiger partial charge >= 0.3 is 0 Å². The summed E-state index contributed by atoms with van der Waals surface area (Å²) in [5.41, 5.74) is 0.758. The van der Waals surface area contributed by atoms with E-state index in [2.05, 4.69) is 15.9 Å². The Balaban J connectivity index is 2.84. The first-order valence-electron chi connectivity index (χ1n) is 6.66. The molecule has 4 nitrogen and oxygen atoms in total. The summed E-state index contributed by atoms with van der Waals surface area (Å²) in [4.78, 5) is 0. The second-order valence-electron chi connectivity index (χ2n) is 4.93. The van der Waals surface area contributed by atoms with Crippen LogP contribution in [0.2, 0.25) is 0 Å². The van der Waals surface area contributed by atoms with E-state index < -0.39 is 0 Å². The molecule has 0 amide bonds. The minimum Gasteiger partial charge on any atom is -0.497 e. The quantitative estimate of drug-likeness (QED) is 0.884. The lowest BCUT2D eigenvalue weighted by Crippen LogP contribution is -2.08. The molecule has 0 aliphatic heterocycles. The second-order valence-corrected chi connectivity index (χ2v) is 5.72. The summed E-state index contributed by atoms with van der Waals surface area (Å²) in [6, 6.07) is 5.62. The summed E-state index contributed by atoms with van der Waals surface area (Å²) >= 11 is 3.52. The van der Waals surface area contributed by atoms with Gasteiger partial charge in [-0.3, -0.25) is 0 Å². The van der Waals surface area contributed by atoms with E-state index in [0.29, 0.717) is 17.2 Å². The third-order valence-electron chi connectivity index (χ3n) is 3.12. The molecule has 2 aromatic carbocycles. The minimum atomic E-state index is -0.0789. The van der Waals surface area contributed by atoms with Crippen molar-refractivity contribution in [3.63, 3.8) is 0 Å². The van der Waals surface area contributed by atoms with Gasteiger partial charge in [-0.05, 0) is 52.9 Å². The average molecular weight is 355 g/mol. The van der Waals surface area contributed by atoms with Gasteiger partial charge in [0.25, 0.3) is 0 Å². The first-order valence-corrected chi connectivity index (χ1v) is 7.45. The van der Waals surface area contributed by atoms with Gasteiger partial charge in [-0.1, -0.05) is 0 Å². The number of ether oxygens (including phenoxy) is 3. The molecule has 0 aliphatic carbocycles. The second kappa shape index (κ2) is 6.54. The molecule has 0 fully saturated rings. The molecule has 2 aromatic rings. The minimum absolute atomic E-state index is 0.00486. The van der Waals surface area contributed by atoms with Gasteiger partial charge in [0.05, 0.1) is 36.8 Å². The van der Waals surface area contributed by atoms with Crippen molar-refractivity contribution < 1.29 is 19.3 Å². The van der Waals surface area contributed by atoms with Crippen LogP contribution in [0.25, 0.3) is 10.8 Å². The molecule has 21 heavy (non-hydrogen) atoms. The van der Waals surface area contributed by atoms with Crippen LogP contribution in [0.1, 0.15) is 19.4 Å². The van der Waals surface area contributed by atoms with E-state index in [9.17, 15) is 5.11 Å². The highest BCUT2D eigenvalue weighted by atomic mass is 79.9. The van der Waals surface area contributed by atoms with Crippen LogP contribution in [-0.2, 0) is 6.61 Å². The van der Waals surface area contributed by atoms with Gasteiger partial charge in [0.1, 0.15) is 17.2 Å². The number of aliphatic hydroxyl groups excluding tert-OH is 1. The molecule has 0 aliphatic rings. The molecule has 114 valence electrons. The van der Waals surface area contributed by atoms with Crippen molar-refractivity contribution in [1.82, 2.24) is 0 Å². The molecule has 0 unspecified atom stereocenters. The maximum atomic E-state index is 9.54. The molecule has 0 bridgehead atoms. The maximum absolute atomic E-state index is 9.54. The Bertz CT molecular complexity index is 653. The Hall–Kier alpha value is -1.46. The zero-order chi connectivity index (χ0) is 15.6. The van der Waals surface area contributed by atoms with Gasteiger partial charge < -0.3 is 19.3 Å². The summed E-state index contributed by atoms with van der Waals surface area (Å²) in [6.45, 7) is 3.84. The molecule has 0 heterocycles. The van der Waals surface area contributed by atoms with Gasteiger partial charge in [-0.15, -0.1) is 0 Å². The predicted octanol–water partition coefficient (Wildman–Crippen LogP) is 3.90. The van der Waals surface area contributed by atoms with Crippen LogP contribution in [-0.4, -0.2) is 25.4 Å². The highest BCUT2D eigenvalue weighted by Gasteiger charge is 2.18. The SMILES string of the molecule is COc1cc(OC)c2c(OC(C)C)c(Br)c(CO)cc2c1. The van der Waals surface area contributed by atoms with E-state index in [4.69, 9.17) is 14.2 Å². The van der Waals surface area contributed by atoms with Crippen molar-refractivity contribution >= 4 is 26.7 Å². The van der Waals surface area contributed by atoms with Crippen LogP contribution in [0, 0.1) is 0 Å². The molecule has 5 heteroatoms. The number of fused-ring (bicyclic) bond motifs is 1. The lowest BCUT2D eigenvalue weighted by atomic mass is 10.0. The summed E-state index contributed by atoms with van der Waals surface area (Å²) in [5, 5.41) is 11.3. The normalized spacial score (nSPS) is 11.0. The van der Waals surface area contributed by atoms with Crippen molar-refractivity contribution in [3.05, 3.63) is 28.2 Å². The Labute approximate surface area is 132 Å². The van der Waals surface area contributed by atoms with E-state index in [1.807, 2.05) is 32.0 Å². The van der Waals surface area contributed by atoms with Crippen molar-refractivity contribution in [2.75, 3.05) is 14.2 Å². The van der Waals surface area contributed by atoms with Crippen molar-refractivity contribution in [2.24, 2.45) is 0 Å². The standard InChI is InChI=1S/C16H19BrO4/c1-9(2)21-16-14-10(5-11(8-18)15(16)17)6-12(19-3)7-13(14)20-4/h5-7,9,18H,8H2,1-4H3. The number of hydrogen-bond acceptors (Lipinski definition) is 4. The molecule has 0 spiro atoms. The first-order chi connectivity index (χ1) is 10.0. The fourth-order valence-corrected chi connectivity index (χ4v) is 2.75. The molecule has 0 aromatic heterocycles. The molecule has 1 N–H and O–H groups in total. The van der Waals surface area contributed by atoms with Gasteiger partial charge in [-0.25, -0.2) is 0 Å². The third kappa shape index (κ3) is 3.09.